The molecule has 0 spiro atoms. The minimum absolute atomic E-state index is 0.793. The summed E-state index contributed by atoms with van der Waals surface area (Å²) in [7, 11) is 0. The Bertz CT molecular complexity index is 301. The van der Waals surface area contributed by atoms with Crippen LogP contribution in [0.5, 0.6) is 5.75 Å². The van der Waals surface area contributed by atoms with Crippen LogP contribution in [0.3, 0.4) is 0 Å². The molecule has 0 heterocycles. The maximum Gasteiger partial charge on any atom is 0.137 e. The van der Waals surface area contributed by atoms with Crippen molar-refractivity contribution in [2.75, 3.05) is 5.75 Å². The van der Waals surface area contributed by atoms with Gasteiger partial charge in [0.1, 0.15) is 5.75 Å². The van der Waals surface area contributed by atoms with E-state index in [1.54, 1.807) is 0 Å². The highest BCUT2D eigenvalue weighted by atomic mass is 32.2. The van der Waals surface area contributed by atoms with E-state index in [4.69, 9.17) is 4.18 Å². The molecule has 88 valence electrons. The Morgan fingerprint density at radius 3 is 2.44 bits per heavy atom. The zero-order chi connectivity index (χ0) is 11.2. The van der Waals surface area contributed by atoms with Crippen LogP contribution in [0, 0.1) is 0 Å². The molecule has 0 N–H and O–H groups in total. The molecular formula is C14H20OS. The molecule has 2 rings (SSSR count). The molecule has 0 unspecified atom stereocenters. The summed E-state index contributed by atoms with van der Waals surface area (Å²) < 4.78 is 5.51. The van der Waals surface area contributed by atoms with Crippen LogP contribution in [0.15, 0.2) is 24.3 Å². The van der Waals surface area contributed by atoms with Crippen molar-refractivity contribution in [2.45, 2.75) is 44.9 Å². The molecular weight excluding hydrogens is 216 g/mol. The predicted molar refractivity (Wildman–Crippen MR) is 71.0 cm³/mol. The number of rotatable bonds is 4. The van der Waals surface area contributed by atoms with E-state index in [0.29, 0.717) is 0 Å². The standard InChI is InChI=1S/C14H20OS/c1-2-16-15-14-10-8-13(9-11-14)12-6-4-3-5-7-12/h8-12H,2-7H2,1H3. The fraction of sp³-hybridized carbons (Fsp3) is 0.571. The molecule has 1 aliphatic carbocycles. The number of hydrogen-bond donors (Lipinski definition) is 0. The Kier molecular flexibility index (Phi) is 4.58. The summed E-state index contributed by atoms with van der Waals surface area (Å²) in [4.78, 5) is 0. The van der Waals surface area contributed by atoms with Gasteiger partial charge in [0.2, 0.25) is 0 Å². The number of hydrogen-bond acceptors (Lipinski definition) is 2. The van der Waals surface area contributed by atoms with Gasteiger partial charge >= 0.3 is 0 Å². The fourth-order valence-corrected chi connectivity index (χ4v) is 2.72. The highest BCUT2D eigenvalue weighted by molar-refractivity contribution is 7.94. The fourth-order valence-electron chi connectivity index (χ4n) is 2.36. The molecule has 0 bridgehead atoms. The Morgan fingerprint density at radius 1 is 1.12 bits per heavy atom. The summed E-state index contributed by atoms with van der Waals surface area (Å²) in [5.74, 6) is 2.76. The first-order chi connectivity index (χ1) is 7.90. The maximum absolute atomic E-state index is 5.51. The van der Waals surface area contributed by atoms with Gasteiger partial charge in [-0.15, -0.1) is 0 Å². The zero-order valence-electron chi connectivity index (χ0n) is 9.95. The van der Waals surface area contributed by atoms with Crippen LogP contribution in [0.2, 0.25) is 0 Å². The van der Waals surface area contributed by atoms with Crippen LogP contribution in [0.25, 0.3) is 0 Å². The van der Waals surface area contributed by atoms with Gasteiger partial charge in [-0.3, -0.25) is 0 Å². The van der Waals surface area contributed by atoms with Gasteiger partial charge < -0.3 is 4.18 Å². The second kappa shape index (κ2) is 6.19. The van der Waals surface area contributed by atoms with Crippen molar-refractivity contribution < 1.29 is 4.18 Å². The van der Waals surface area contributed by atoms with Gasteiger partial charge in [0.05, 0.1) is 12.0 Å². The zero-order valence-corrected chi connectivity index (χ0v) is 10.8. The summed E-state index contributed by atoms with van der Waals surface area (Å²) in [5, 5.41) is 0. The third-order valence-corrected chi connectivity index (χ3v) is 3.78. The lowest BCUT2D eigenvalue weighted by atomic mass is 9.84. The second-order valence-electron chi connectivity index (χ2n) is 4.39. The van der Waals surface area contributed by atoms with Crippen molar-refractivity contribution in [3.05, 3.63) is 29.8 Å². The first kappa shape index (κ1) is 11.8. The minimum Gasteiger partial charge on any atom is -0.426 e. The molecule has 0 amide bonds. The van der Waals surface area contributed by atoms with Gasteiger partial charge in [0.25, 0.3) is 0 Å². The van der Waals surface area contributed by atoms with E-state index < -0.39 is 0 Å². The van der Waals surface area contributed by atoms with E-state index in [9.17, 15) is 0 Å². The molecule has 1 aromatic carbocycles. The van der Waals surface area contributed by atoms with Crippen molar-refractivity contribution in [1.29, 1.82) is 0 Å². The van der Waals surface area contributed by atoms with Crippen molar-refractivity contribution in [2.24, 2.45) is 0 Å². The molecule has 0 atom stereocenters. The molecule has 16 heavy (non-hydrogen) atoms. The molecule has 1 fully saturated rings. The van der Waals surface area contributed by atoms with Gasteiger partial charge in [0.15, 0.2) is 0 Å². The monoisotopic (exact) mass is 236 g/mol. The third kappa shape index (κ3) is 3.18. The first-order valence-corrected chi connectivity index (χ1v) is 7.20. The average Bonchev–Trinajstić information content (AvgIpc) is 2.38. The normalized spacial score (nSPS) is 17.3. The van der Waals surface area contributed by atoms with Crippen molar-refractivity contribution in [3.8, 4) is 5.75 Å². The van der Waals surface area contributed by atoms with E-state index in [1.807, 2.05) is 0 Å². The van der Waals surface area contributed by atoms with E-state index in [2.05, 4.69) is 31.2 Å². The molecule has 0 radical (unpaired) electrons. The maximum atomic E-state index is 5.51. The quantitative estimate of drug-likeness (QED) is 0.696. The van der Waals surface area contributed by atoms with Crippen molar-refractivity contribution in [3.63, 3.8) is 0 Å². The van der Waals surface area contributed by atoms with E-state index in [1.165, 1.54) is 49.7 Å². The Morgan fingerprint density at radius 2 is 1.81 bits per heavy atom. The average molecular weight is 236 g/mol. The van der Waals surface area contributed by atoms with E-state index in [-0.39, 0.29) is 0 Å². The lowest BCUT2D eigenvalue weighted by molar-refractivity contribution is 0.443. The Balaban J connectivity index is 1.95. The summed E-state index contributed by atoms with van der Waals surface area (Å²) in [5.41, 5.74) is 1.49. The molecule has 1 aliphatic rings. The second-order valence-corrected chi connectivity index (χ2v) is 5.37. The Hall–Kier alpha value is -0.630. The van der Waals surface area contributed by atoms with E-state index >= 15 is 0 Å². The van der Waals surface area contributed by atoms with Crippen LogP contribution in [0.4, 0.5) is 0 Å². The highest BCUT2D eigenvalue weighted by Crippen LogP contribution is 2.33. The smallest absolute Gasteiger partial charge is 0.137 e. The van der Waals surface area contributed by atoms with Crippen LogP contribution < -0.4 is 4.18 Å². The predicted octanol–water partition coefficient (Wildman–Crippen LogP) is 4.78. The van der Waals surface area contributed by atoms with Gasteiger partial charge in [-0.2, -0.15) is 0 Å². The molecule has 0 saturated heterocycles. The van der Waals surface area contributed by atoms with Gasteiger partial charge in [-0.1, -0.05) is 38.3 Å². The summed E-state index contributed by atoms with van der Waals surface area (Å²) in [6, 6.07) is 8.68. The Labute approximate surface area is 103 Å². The van der Waals surface area contributed by atoms with Gasteiger partial charge in [-0.25, -0.2) is 0 Å². The third-order valence-electron chi connectivity index (χ3n) is 3.23. The molecule has 0 aliphatic heterocycles. The van der Waals surface area contributed by atoms with Crippen molar-refractivity contribution in [1.82, 2.24) is 0 Å². The first-order valence-electron chi connectivity index (χ1n) is 6.29. The van der Waals surface area contributed by atoms with Gasteiger partial charge in [0, 0.05) is 5.75 Å². The molecule has 1 aromatic rings. The largest absolute Gasteiger partial charge is 0.426 e. The molecule has 1 saturated carbocycles. The summed E-state index contributed by atoms with van der Waals surface area (Å²) in [6.45, 7) is 2.10. The molecule has 2 heteroatoms. The lowest BCUT2D eigenvalue weighted by Crippen LogP contribution is -2.04. The highest BCUT2D eigenvalue weighted by Gasteiger charge is 2.15. The minimum atomic E-state index is 0.793. The van der Waals surface area contributed by atoms with Crippen molar-refractivity contribution >= 4 is 12.0 Å². The van der Waals surface area contributed by atoms with Crippen LogP contribution in [-0.4, -0.2) is 5.75 Å². The summed E-state index contributed by atoms with van der Waals surface area (Å²) in [6.07, 6.45) is 6.95. The van der Waals surface area contributed by atoms with Crippen LogP contribution >= 0.6 is 12.0 Å². The SMILES string of the molecule is CCSOc1ccc(C2CCCCC2)cc1. The summed E-state index contributed by atoms with van der Waals surface area (Å²) >= 11 is 1.50. The van der Waals surface area contributed by atoms with Gasteiger partial charge in [-0.05, 0) is 36.5 Å². The topological polar surface area (TPSA) is 9.23 Å². The molecule has 0 aromatic heterocycles. The van der Waals surface area contributed by atoms with Crippen LogP contribution in [0.1, 0.15) is 50.5 Å². The molecule has 1 nitrogen and oxygen atoms in total. The van der Waals surface area contributed by atoms with E-state index in [0.717, 1.165) is 17.4 Å². The number of benzene rings is 1. The van der Waals surface area contributed by atoms with Crippen LogP contribution in [-0.2, 0) is 0 Å². The lowest BCUT2D eigenvalue weighted by Gasteiger charge is -2.21.